The molecule has 0 bridgehead atoms. The molecule has 0 spiro atoms. The molecule has 17 heavy (non-hydrogen) atoms. The number of hydrogen-bond donors (Lipinski definition) is 1. The molecule has 1 aliphatic rings. The Kier molecular flexibility index (Phi) is 3.23. The Hall–Kier alpha value is -0.940. The van der Waals surface area contributed by atoms with Crippen molar-refractivity contribution in [3.63, 3.8) is 0 Å². The molecule has 3 nitrogen and oxygen atoms in total. The van der Waals surface area contributed by atoms with Gasteiger partial charge in [0.25, 0.3) is 0 Å². The second kappa shape index (κ2) is 4.38. The van der Waals surface area contributed by atoms with Crippen molar-refractivity contribution in [3.05, 3.63) is 29.6 Å². The summed E-state index contributed by atoms with van der Waals surface area (Å²) in [4.78, 5) is -0.214. The summed E-state index contributed by atoms with van der Waals surface area (Å²) in [5, 5.41) is 8.78. The Labute approximate surface area is 100 Å². The third-order valence-electron chi connectivity index (χ3n) is 2.80. The van der Waals surface area contributed by atoms with Gasteiger partial charge in [0.1, 0.15) is 10.7 Å². The molecule has 1 N–H and O–H groups in total. The molecule has 0 radical (unpaired) electrons. The highest BCUT2D eigenvalue weighted by Gasteiger charge is 2.38. The quantitative estimate of drug-likeness (QED) is 0.894. The molecule has 0 aliphatic heterocycles. The largest absolute Gasteiger partial charge is 0.393 e. The van der Waals surface area contributed by atoms with Crippen molar-refractivity contribution in [2.24, 2.45) is 0 Å². The lowest BCUT2D eigenvalue weighted by Gasteiger charge is -2.08. The maximum absolute atomic E-state index is 13.7. The number of sulfone groups is 1. The van der Waals surface area contributed by atoms with Crippen LogP contribution in [0.3, 0.4) is 0 Å². The van der Waals surface area contributed by atoms with E-state index in [-0.39, 0.29) is 4.90 Å². The van der Waals surface area contributed by atoms with Crippen molar-refractivity contribution in [3.8, 4) is 0 Å². The molecule has 0 amide bonds. The topological polar surface area (TPSA) is 54.4 Å². The summed E-state index contributed by atoms with van der Waals surface area (Å²) in [5.41, 5.74) is 0.604. The van der Waals surface area contributed by atoms with Crippen LogP contribution in [-0.2, 0) is 16.3 Å². The molecule has 0 heterocycles. The minimum atomic E-state index is -3.48. The minimum absolute atomic E-state index is 0.214. The third-order valence-corrected chi connectivity index (χ3v) is 5.09. The van der Waals surface area contributed by atoms with E-state index >= 15 is 0 Å². The molecule has 1 saturated carbocycles. The van der Waals surface area contributed by atoms with Crippen molar-refractivity contribution in [1.29, 1.82) is 0 Å². The van der Waals surface area contributed by atoms with E-state index < -0.39 is 27.0 Å². The van der Waals surface area contributed by atoms with Crippen LogP contribution >= 0.6 is 0 Å². The van der Waals surface area contributed by atoms with Crippen LogP contribution in [-0.4, -0.2) is 24.9 Å². The Morgan fingerprint density at radius 1 is 1.47 bits per heavy atom. The normalized spacial score (nSPS) is 18.1. The summed E-state index contributed by atoms with van der Waals surface area (Å²) in [7, 11) is -3.48. The Morgan fingerprint density at radius 3 is 2.59 bits per heavy atom. The van der Waals surface area contributed by atoms with Gasteiger partial charge >= 0.3 is 0 Å². The highest BCUT2D eigenvalue weighted by molar-refractivity contribution is 7.92. The first kappa shape index (κ1) is 12.5. The number of aliphatic hydroxyl groups excluding tert-OH is 1. The molecule has 94 valence electrons. The molecular weight excluding hydrogens is 243 g/mol. The van der Waals surface area contributed by atoms with E-state index in [1.807, 2.05) is 0 Å². The number of rotatable bonds is 4. The second-order valence-corrected chi connectivity index (χ2v) is 6.76. The first-order chi connectivity index (χ1) is 7.91. The van der Waals surface area contributed by atoms with Crippen LogP contribution in [0, 0.1) is 5.82 Å². The van der Waals surface area contributed by atoms with E-state index in [0.29, 0.717) is 24.8 Å². The van der Waals surface area contributed by atoms with Crippen LogP contribution in [0.4, 0.5) is 4.39 Å². The standard InChI is InChI=1S/C12H15FO3S/c1-8(14)6-9-2-5-12(11(13)7-9)17(15,16)10-3-4-10/h2,5,7-8,10,14H,3-4,6H2,1H3. The van der Waals surface area contributed by atoms with Gasteiger partial charge in [-0.3, -0.25) is 0 Å². The molecule has 0 aromatic heterocycles. The zero-order valence-electron chi connectivity index (χ0n) is 9.56. The van der Waals surface area contributed by atoms with Crippen molar-refractivity contribution < 1.29 is 17.9 Å². The lowest BCUT2D eigenvalue weighted by molar-refractivity contribution is 0.195. The fourth-order valence-electron chi connectivity index (χ4n) is 1.80. The molecular formula is C12H15FO3S. The van der Waals surface area contributed by atoms with Crippen LogP contribution in [0.25, 0.3) is 0 Å². The lowest BCUT2D eigenvalue weighted by Crippen LogP contribution is -2.10. The predicted octanol–water partition coefficient (Wildman–Crippen LogP) is 1.69. The van der Waals surface area contributed by atoms with Gasteiger partial charge in [-0.25, -0.2) is 12.8 Å². The maximum Gasteiger partial charge on any atom is 0.184 e. The first-order valence-electron chi connectivity index (χ1n) is 5.61. The smallest absolute Gasteiger partial charge is 0.184 e. The summed E-state index contributed by atoms with van der Waals surface area (Å²) >= 11 is 0. The van der Waals surface area contributed by atoms with E-state index in [4.69, 9.17) is 0 Å². The molecule has 0 saturated heterocycles. The predicted molar refractivity (Wildman–Crippen MR) is 62.0 cm³/mol. The van der Waals surface area contributed by atoms with Crippen molar-refractivity contribution in [2.75, 3.05) is 0 Å². The molecule has 1 unspecified atom stereocenters. The van der Waals surface area contributed by atoms with Gasteiger partial charge < -0.3 is 5.11 Å². The van der Waals surface area contributed by atoms with E-state index in [0.717, 1.165) is 0 Å². The van der Waals surface area contributed by atoms with Gasteiger partial charge in [0, 0.05) is 0 Å². The van der Waals surface area contributed by atoms with E-state index in [1.165, 1.54) is 12.1 Å². The van der Waals surface area contributed by atoms with E-state index in [9.17, 15) is 17.9 Å². The molecule has 5 heteroatoms. The highest BCUT2D eigenvalue weighted by Crippen LogP contribution is 2.34. The molecule has 1 aromatic rings. The summed E-state index contributed by atoms with van der Waals surface area (Å²) in [6.07, 6.45) is 0.995. The first-order valence-corrected chi connectivity index (χ1v) is 7.16. The molecule has 1 aromatic carbocycles. The summed E-state index contributed by atoms with van der Waals surface area (Å²) in [6.45, 7) is 1.60. The summed E-state index contributed by atoms with van der Waals surface area (Å²) < 4.78 is 37.4. The summed E-state index contributed by atoms with van der Waals surface area (Å²) in [5.74, 6) is -0.713. The van der Waals surface area contributed by atoms with Crippen LogP contribution in [0.5, 0.6) is 0 Å². The maximum atomic E-state index is 13.7. The van der Waals surface area contributed by atoms with Crippen LogP contribution in [0.1, 0.15) is 25.3 Å². The number of halogens is 1. The molecule has 1 atom stereocenters. The lowest BCUT2D eigenvalue weighted by atomic mass is 10.1. The zero-order valence-corrected chi connectivity index (χ0v) is 10.4. The van der Waals surface area contributed by atoms with Gasteiger partial charge in [0.05, 0.1) is 11.4 Å². The van der Waals surface area contributed by atoms with Crippen molar-refractivity contribution in [1.82, 2.24) is 0 Å². The van der Waals surface area contributed by atoms with Gasteiger partial charge in [-0.05, 0) is 43.9 Å². The van der Waals surface area contributed by atoms with Gasteiger partial charge in [-0.1, -0.05) is 6.07 Å². The average molecular weight is 258 g/mol. The average Bonchev–Trinajstić information content (AvgIpc) is 2.98. The molecule has 1 fully saturated rings. The third kappa shape index (κ3) is 2.66. The van der Waals surface area contributed by atoms with Crippen molar-refractivity contribution >= 4 is 9.84 Å². The summed E-state index contributed by atoms with van der Waals surface area (Å²) in [6, 6.07) is 4.06. The highest BCUT2D eigenvalue weighted by atomic mass is 32.2. The Morgan fingerprint density at radius 2 is 2.12 bits per heavy atom. The van der Waals surface area contributed by atoms with Gasteiger partial charge in [0.2, 0.25) is 0 Å². The zero-order chi connectivity index (χ0) is 12.6. The van der Waals surface area contributed by atoms with Crippen LogP contribution in [0.15, 0.2) is 23.1 Å². The fourth-order valence-corrected chi connectivity index (χ4v) is 3.51. The second-order valence-electron chi connectivity index (χ2n) is 4.56. The van der Waals surface area contributed by atoms with Gasteiger partial charge in [0.15, 0.2) is 9.84 Å². The Balaban J connectivity index is 2.31. The fraction of sp³-hybridized carbons (Fsp3) is 0.500. The van der Waals surface area contributed by atoms with E-state index in [1.54, 1.807) is 13.0 Å². The van der Waals surface area contributed by atoms with E-state index in [2.05, 4.69) is 0 Å². The number of aliphatic hydroxyl groups is 1. The number of benzene rings is 1. The van der Waals surface area contributed by atoms with Gasteiger partial charge in [-0.2, -0.15) is 0 Å². The van der Waals surface area contributed by atoms with Crippen LogP contribution in [0.2, 0.25) is 0 Å². The van der Waals surface area contributed by atoms with Crippen LogP contribution < -0.4 is 0 Å². The van der Waals surface area contributed by atoms with Gasteiger partial charge in [-0.15, -0.1) is 0 Å². The molecule has 1 aliphatic carbocycles. The monoisotopic (exact) mass is 258 g/mol. The molecule has 2 rings (SSSR count). The SMILES string of the molecule is CC(O)Cc1ccc(S(=O)(=O)C2CC2)c(F)c1. The number of hydrogen-bond acceptors (Lipinski definition) is 3. The minimum Gasteiger partial charge on any atom is -0.393 e. The Bertz CT molecular complexity index is 519. The van der Waals surface area contributed by atoms with Crippen molar-refractivity contribution in [2.45, 2.75) is 42.4 Å².